The summed E-state index contributed by atoms with van der Waals surface area (Å²) >= 11 is 0. The lowest BCUT2D eigenvalue weighted by Crippen LogP contribution is -2.37. The number of benzene rings is 7. The monoisotopic (exact) mass is 819 g/mol. The number of imidazole rings is 1. The highest BCUT2D eigenvalue weighted by molar-refractivity contribution is 6.09. The molecule has 0 bridgehead atoms. The van der Waals surface area contributed by atoms with E-state index in [1.807, 2.05) is 117 Å². The van der Waals surface area contributed by atoms with Gasteiger partial charge < -0.3 is 4.74 Å². The Morgan fingerprint density at radius 1 is 0.613 bits per heavy atom. The van der Waals surface area contributed by atoms with E-state index in [0.717, 1.165) is 49.8 Å². The highest BCUT2D eigenvalue weighted by Crippen LogP contribution is 2.40. The molecule has 0 unspecified atom stereocenters. The van der Waals surface area contributed by atoms with Crippen LogP contribution in [-0.4, -0.2) is 14.1 Å². The van der Waals surface area contributed by atoms with E-state index in [9.17, 15) is 0 Å². The first-order chi connectivity index (χ1) is 35.3. The number of hydrogen-bond donors (Lipinski definition) is 0. The van der Waals surface area contributed by atoms with E-state index < -0.39 is 66.0 Å². The Kier molecular flexibility index (Phi) is 6.51. The number of nitrogens with zero attached hydrogens (tertiary/aromatic N) is 4. The summed E-state index contributed by atoms with van der Waals surface area (Å²) in [6, 6.07) is 29.5. The lowest BCUT2D eigenvalue weighted by atomic mass is 9.77. The number of para-hydroxylation sites is 3. The summed E-state index contributed by atoms with van der Waals surface area (Å²) in [5, 5.41) is 1.70. The summed E-state index contributed by atoms with van der Waals surface area (Å²) in [5.41, 5.74) is 5.57. The van der Waals surface area contributed by atoms with Gasteiger partial charge in [-0.15, -0.1) is 0 Å². The van der Waals surface area contributed by atoms with Gasteiger partial charge in [0.2, 0.25) is 0 Å². The van der Waals surface area contributed by atoms with Gasteiger partial charge in [0.25, 0.3) is 6.33 Å². The van der Waals surface area contributed by atoms with Gasteiger partial charge >= 0.3 is 0 Å². The molecule has 0 N–H and O–H groups in total. The minimum Gasteiger partial charge on any atom is -0.458 e. The predicted octanol–water partition coefficient (Wildman–Crippen LogP) is 14.2. The molecule has 0 aliphatic rings. The minimum absolute atomic E-state index is 0.0898. The second-order valence-corrected chi connectivity index (χ2v) is 17.4. The molecule has 0 aliphatic carbocycles. The maximum Gasteiger partial charge on any atom is 0.269 e. The molecule has 7 aromatic carbocycles. The van der Waals surface area contributed by atoms with Gasteiger partial charge in [-0.05, 0) is 93.5 Å². The lowest BCUT2D eigenvalue weighted by molar-refractivity contribution is -0.574. The van der Waals surface area contributed by atoms with E-state index in [-0.39, 0.29) is 40.2 Å². The van der Waals surface area contributed by atoms with Crippen LogP contribution < -0.4 is 9.30 Å². The highest BCUT2D eigenvalue weighted by atomic mass is 16.5. The molecule has 0 aliphatic heterocycles. The summed E-state index contributed by atoms with van der Waals surface area (Å²) in [5.74, 6) is 1.21. The Hall–Kier alpha value is -7.24. The highest BCUT2D eigenvalue weighted by Gasteiger charge is 2.30. The molecule has 0 saturated heterocycles. The van der Waals surface area contributed by atoms with E-state index >= 15 is 0 Å². The molecule has 10 rings (SSSR count). The van der Waals surface area contributed by atoms with E-state index in [1.165, 1.54) is 12.3 Å². The first-order valence-corrected chi connectivity index (χ1v) is 20.4. The summed E-state index contributed by atoms with van der Waals surface area (Å²) in [6.45, 7) is 9.80. The largest absolute Gasteiger partial charge is 0.458 e. The van der Waals surface area contributed by atoms with E-state index in [4.69, 9.17) is 27.5 Å². The SMILES string of the molecule is [2H]c1c([2H])c([2H])c(-c2cc(C(C)(C)C)c(-[n+]3[c-]n(-c4cccc(Oc5ccc6c7ccccc7n(-c7cc(C([2H])([2H])[2H])c(-c8c([2H])c([2H])c([2H])c([2H])c8[2H])cn7)c6c5)c4)c4ccccc43)c(C(C)(C)C)c2)c([2H])c1[2H]. The summed E-state index contributed by atoms with van der Waals surface area (Å²) in [6.07, 6.45) is 4.94. The third-order valence-electron chi connectivity index (χ3n) is 11.1. The van der Waals surface area contributed by atoms with Crippen LogP contribution in [0.2, 0.25) is 0 Å². The van der Waals surface area contributed by atoms with Gasteiger partial charge in [-0.3, -0.25) is 13.7 Å². The van der Waals surface area contributed by atoms with Crippen molar-refractivity contribution in [1.82, 2.24) is 14.1 Å². The summed E-state index contributed by atoms with van der Waals surface area (Å²) in [7, 11) is 0. The van der Waals surface area contributed by atoms with Gasteiger partial charge in [-0.1, -0.05) is 163 Å². The first-order valence-electron chi connectivity index (χ1n) is 26.9. The Bertz CT molecular complexity index is 3920. The number of fused-ring (bicyclic) bond motifs is 4. The van der Waals surface area contributed by atoms with Crippen molar-refractivity contribution in [3.8, 4) is 50.9 Å². The molecule has 3 heterocycles. The number of aryl methyl sites for hydroxylation is 1. The molecule has 10 aromatic rings. The zero-order valence-electron chi connectivity index (χ0n) is 48.2. The van der Waals surface area contributed by atoms with E-state index in [1.54, 1.807) is 0 Å². The fraction of sp³-hybridized carbons (Fsp3) is 0.158. The quantitative estimate of drug-likeness (QED) is 0.119. The van der Waals surface area contributed by atoms with Crippen LogP contribution in [0, 0.1) is 13.2 Å². The molecule has 0 saturated carbocycles. The molecule has 3 aromatic heterocycles. The second kappa shape index (κ2) is 15.0. The van der Waals surface area contributed by atoms with Crippen LogP contribution in [0.1, 0.15) is 76.1 Å². The number of rotatable bonds is 7. The summed E-state index contributed by atoms with van der Waals surface area (Å²) in [4.78, 5) is 4.71. The van der Waals surface area contributed by atoms with Crippen LogP contribution in [-0.2, 0) is 10.8 Å². The Balaban J connectivity index is 1.09. The first kappa shape index (κ1) is 26.9. The van der Waals surface area contributed by atoms with Gasteiger partial charge in [0.15, 0.2) is 0 Å². The third kappa shape index (κ3) is 6.94. The normalized spacial score (nSPS) is 15.3. The van der Waals surface area contributed by atoms with Gasteiger partial charge in [0, 0.05) is 32.7 Å². The number of ether oxygens (including phenoxy) is 1. The van der Waals surface area contributed by atoms with Crippen molar-refractivity contribution in [2.75, 3.05) is 0 Å². The van der Waals surface area contributed by atoms with E-state index in [2.05, 4.69) is 47.9 Å². The van der Waals surface area contributed by atoms with Crippen molar-refractivity contribution in [3.05, 3.63) is 199 Å². The maximum atomic E-state index is 8.88. The standard InChI is InChI=1S/C57H50N4O/c1-38-31-54(58-36-47(38)40-21-12-9-13-22-40)61-50-26-15-14-25-45(50)46-30-29-44(35-53(46)61)62-43-24-18-23-42(34-43)59-37-60(52-28-17-16-27-51(52)59)55-48(56(2,3)4)32-41(33-49(55)57(5,6)7)39-19-10-8-11-20-39/h8-36H,1-7H3/i1D3,8D,9D,10D,11D,12D,13D,19D,20D,21D,22D. The number of pyridine rings is 1. The van der Waals surface area contributed by atoms with Crippen molar-refractivity contribution in [1.29, 1.82) is 0 Å². The Labute approximate surface area is 382 Å². The van der Waals surface area contributed by atoms with Crippen molar-refractivity contribution in [3.63, 3.8) is 0 Å². The summed E-state index contributed by atoms with van der Waals surface area (Å²) < 4.78 is 123. The molecule has 5 heteroatoms. The average Bonchev–Trinajstić information content (AvgIpc) is 3.91. The maximum absolute atomic E-state index is 8.88. The number of aromatic nitrogens is 4. The van der Waals surface area contributed by atoms with Gasteiger partial charge in [0.05, 0.1) is 47.1 Å². The van der Waals surface area contributed by atoms with Crippen molar-refractivity contribution in [2.24, 2.45) is 0 Å². The van der Waals surface area contributed by atoms with E-state index in [0.29, 0.717) is 22.6 Å². The Morgan fingerprint density at radius 2 is 1.26 bits per heavy atom. The van der Waals surface area contributed by atoms with Gasteiger partial charge in [0.1, 0.15) is 17.3 Å². The van der Waals surface area contributed by atoms with Crippen molar-refractivity contribution >= 4 is 32.8 Å². The number of hydrogen-bond acceptors (Lipinski definition) is 2. The van der Waals surface area contributed by atoms with Gasteiger partial charge in [-0.2, -0.15) is 0 Å². The predicted molar refractivity (Wildman–Crippen MR) is 255 cm³/mol. The molecule has 0 amide bonds. The van der Waals surface area contributed by atoms with Gasteiger partial charge in [-0.25, -0.2) is 4.98 Å². The van der Waals surface area contributed by atoms with Crippen LogP contribution in [0.15, 0.2) is 176 Å². The van der Waals surface area contributed by atoms with Crippen LogP contribution in [0.3, 0.4) is 0 Å². The molecular weight excluding hydrogens is 757 g/mol. The van der Waals surface area contributed by atoms with Crippen LogP contribution in [0.4, 0.5) is 0 Å². The Morgan fingerprint density at radius 3 is 1.97 bits per heavy atom. The van der Waals surface area contributed by atoms with Crippen molar-refractivity contribution < 1.29 is 27.1 Å². The molecule has 62 heavy (non-hydrogen) atoms. The molecular formula is C57H50N4O. The van der Waals surface area contributed by atoms with Crippen LogP contribution in [0.5, 0.6) is 11.5 Å². The average molecular weight is 820 g/mol. The zero-order valence-corrected chi connectivity index (χ0v) is 35.2. The minimum atomic E-state index is -2.76. The third-order valence-corrected chi connectivity index (χ3v) is 11.1. The molecule has 5 nitrogen and oxygen atoms in total. The fourth-order valence-electron chi connectivity index (χ4n) is 8.21. The molecule has 0 spiro atoms. The molecule has 0 atom stereocenters. The fourth-order valence-corrected chi connectivity index (χ4v) is 8.21. The molecule has 0 fully saturated rings. The van der Waals surface area contributed by atoms with Crippen molar-refractivity contribution in [2.45, 2.75) is 59.2 Å². The van der Waals surface area contributed by atoms with Crippen LogP contribution in [0.25, 0.3) is 72.3 Å². The molecule has 0 radical (unpaired) electrons. The smallest absolute Gasteiger partial charge is 0.269 e. The molecule has 304 valence electrons. The second-order valence-electron chi connectivity index (χ2n) is 17.4. The zero-order chi connectivity index (χ0) is 54.0. The topological polar surface area (TPSA) is 35.9 Å². The lowest BCUT2D eigenvalue weighted by Gasteiger charge is -2.31. The van der Waals surface area contributed by atoms with Crippen LogP contribution >= 0.6 is 0 Å².